The molecule has 37 heavy (non-hydrogen) atoms. The number of aryl methyl sites for hydroxylation is 1. The van der Waals surface area contributed by atoms with Gasteiger partial charge in [-0.05, 0) is 63.8 Å². The van der Waals surface area contributed by atoms with Crippen LogP contribution in [-0.4, -0.2) is 65.2 Å². The number of alkyl carbamates (subject to hydrolysis) is 1. The summed E-state index contributed by atoms with van der Waals surface area (Å²) in [5.74, 6) is -1.80. The number of carbonyl (C=O) groups is 4. The summed E-state index contributed by atoms with van der Waals surface area (Å²) in [5, 5.41) is 15.3. The lowest BCUT2D eigenvalue weighted by Crippen LogP contribution is -2.55. The summed E-state index contributed by atoms with van der Waals surface area (Å²) in [5.41, 5.74) is 0.194. The molecule has 2 unspecified atom stereocenters. The molecular formula is C27H41N3O7. The van der Waals surface area contributed by atoms with E-state index in [4.69, 9.17) is 9.47 Å². The third-order valence-corrected chi connectivity index (χ3v) is 5.24. The van der Waals surface area contributed by atoms with Crippen LogP contribution in [0.25, 0.3) is 0 Å². The standard InChI is InChI=1S/C27H41N3O7/c1-9-15-30(25(34)22(17(3)4)29-26(35)37-27(6,7)8)23(19-11-12-20(31)18(5)16-19)24(33)28-14-13-21(32)36-10-2/h9,11-12,16-17,22-23,31H,1,10,13-15H2,2-8H3,(H,28,33)(H,29,35). The van der Waals surface area contributed by atoms with Gasteiger partial charge < -0.3 is 30.1 Å². The number of rotatable bonds is 12. The van der Waals surface area contributed by atoms with Gasteiger partial charge in [0.15, 0.2) is 0 Å². The Hall–Kier alpha value is -3.56. The van der Waals surface area contributed by atoms with Crippen LogP contribution in [-0.2, 0) is 23.9 Å². The molecule has 3 amide bonds. The van der Waals surface area contributed by atoms with E-state index in [-0.39, 0.29) is 37.8 Å². The van der Waals surface area contributed by atoms with Crippen molar-refractivity contribution in [1.82, 2.24) is 15.5 Å². The van der Waals surface area contributed by atoms with E-state index in [0.717, 1.165) is 0 Å². The first-order valence-corrected chi connectivity index (χ1v) is 12.4. The lowest BCUT2D eigenvalue weighted by atomic mass is 9.97. The van der Waals surface area contributed by atoms with Crippen LogP contribution >= 0.6 is 0 Å². The molecule has 1 rings (SSSR count). The molecule has 0 saturated carbocycles. The average Bonchev–Trinajstić information content (AvgIpc) is 2.77. The van der Waals surface area contributed by atoms with Crippen LogP contribution in [0.2, 0.25) is 0 Å². The van der Waals surface area contributed by atoms with Gasteiger partial charge in [-0.2, -0.15) is 0 Å². The lowest BCUT2D eigenvalue weighted by Gasteiger charge is -2.35. The Morgan fingerprint density at radius 2 is 1.84 bits per heavy atom. The van der Waals surface area contributed by atoms with Crippen LogP contribution in [0, 0.1) is 12.8 Å². The van der Waals surface area contributed by atoms with Crippen LogP contribution in [0.15, 0.2) is 30.9 Å². The van der Waals surface area contributed by atoms with Gasteiger partial charge in [-0.3, -0.25) is 14.4 Å². The van der Waals surface area contributed by atoms with E-state index in [9.17, 15) is 24.3 Å². The van der Waals surface area contributed by atoms with Gasteiger partial charge in [-0.1, -0.05) is 26.0 Å². The van der Waals surface area contributed by atoms with Crippen LogP contribution in [0.3, 0.4) is 0 Å². The minimum Gasteiger partial charge on any atom is -0.508 e. The van der Waals surface area contributed by atoms with Gasteiger partial charge in [0.05, 0.1) is 13.0 Å². The number of carbonyl (C=O) groups excluding carboxylic acids is 4. The molecule has 0 saturated heterocycles. The summed E-state index contributed by atoms with van der Waals surface area (Å²) in [6, 6.07) is 2.47. The fraction of sp³-hybridized carbons (Fsp3) is 0.556. The molecule has 0 spiro atoms. The van der Waals surface area contributed by atoms with Crippen molar-refractivity contribution in [3.8, 4) is 5.75 Å². The number of esters is 1. The highest BCUT2D eigenvalue weighted by atomic mass is 16.6. The van der Waals surface area contributed by atoms with Crippen LogP contribution in [0.4, 0.5) is 4.79 Å². The molecule has 0 aromatic heterocycles. The molecule has 2 atom stereocenters. The lowest BCUT2D eigenvalue weighted by molar-refractivity contribution is -0.144. The van der Waals surface area contributed by atoms with Gasteiger partial charge in [0, 0.05) is 13.1 Å². The Morgan fingerprint density at radius 1 is 1.19 bits per heavy atom. The molecule has 0 aliphatic carbocycles. The Bertz CT molecular complexity index is 969. The first-order valence-electron chi connectivity index (χ1n) is 12.4. The van der Waals surface area contributed by atoms with E-state index < -0.39 is 41.6 Å². The molecule has 0 fully saturated rings. The molecule has 3 N–H and O–H groups in total. The number of phenolic OH excluding ortho intramolecular Hbond substituents is 1. The van der Waals surface area contributed by atoms with Crippen molar-refractivity contribution in [2.75, 3.05) is 19.7 Å². The maximum Gasteiger partial charge on any atom is 0.408 e. The SMILES string of the molecule is C=CCN(C(=O)C(NC(=O)OC(C)(C)C)C(C)C)C(C(=O)NCCC(=O)OCC)c1ccc(O)c(C)c1. The fourth-order valence-electron chi connectivity index (χ4n) is 3.53. The largest absolute Gasteiger partial charge is 0.508 e. The zero-order chi connectivity index (χ0) is 28.3. The van der Waals surface area contributed by atoms with E-state index in [1.165, 1.54) is 17.0 Å². The van der Waals surface area contributed by atoms with E-state index in [0.29, 0.717) is 11.1 Å². The van der Waals surface area contributed by atoms with Crippen molar-refractivity contribution in [3.05, 3.63) is 42.0 Å². The number of benzene rings is 1. The maximum atomic E-state index is 13.8. The van der Waals surface area contributed by atoms with Crippen molar-refractivity contribution in [2.24, 2.45) is 5.92 Å². The molecule has 0 radical (unpaired) electrons. The molecule has 10 nitrogen and oxygen atoms in total. The van der Waals surface area contributed by atoms with Crippen molar-refractivity contribution >= 4 is 23.9 Å². The van der Waals surface area contributed by atoms with Crippen LogP contribution < -0.4 is 10.6 Å². The second kappa shape index (κ2) is 14.2. The molecule has 10 heteroatoms. The van der Waals surface area contributed by atoms with E-state index in [1.54, 1.807) is 60.6 Å². The van der Waals surface area contributed by atoms with Gasteiger partial charge in [-0.25, -0.2) is 4.79 Å². The van der Waals surface area contributed by atoms with E-state index in [2.05, 4.69) is 17.2 Å². The summed E-state index contributed by atoms with van der Waals surface area (Å²) in [4.78, 5) is 52.8. The third kappa shape index (κ3) is 10.1. The highest BCUT2D eigenvalue weighted by molar-refractivity contribution is 5.92. The van der Waals surface area contributed by atoms with E-state index >= 15 is 0 Å². The Balaban J connectivity index is 3.38. The molecule has 0 heterocycles. The summed E-state index contributed by atoms with van der Waals surface area (Å²) in [6.07, 6.45) is 0.689. The predicted octanol–water partition coefficient (Wildman–Crippen LogP) is 3.38. The minimum absolute atomic E-state index is 0.00508. The zero-order valence-corrected chi connectivity index (χ0v) is 22.9. The predicted molar refractivity (Wildman–Crippen MR) is 140 cm³/mol. The van der Waals surface area contributed by atoms with Crippen molar-refractivity contribution < 1.29 is 33.8 Å². The number of aromatic hydroxyl groups is 1. The van der Waals surface area contributed by atoms with Gasteiger partial charge in [0.25, 0.3) is 0 Å². The zero-order valence-electron chi connectivity index (χ0n) is 22.9. The van der Waals surface area contributed by atoms with Crippen molar-refractivity contribution in [1.29, 1.82) is 0 Å². The molecule has 0 bridgehead atoms. The molecule has 0 aliphatic rings. The molecular weight excluding hydrogens is 478 g/mol. The molecule has 0 aliphatic heterocycles. The van der Waals surface area contributed by atoms with Crippen LogP contribution in [0.1, 0.15) is 65.1 Å². The first-order chi connectivity index (χ1) is 17.2. The van der Waals surface area contributed by atoms with Crippen molar-refractivity contribution in [2.45, 2.75) is 72.6 Å². The first kappa shape index (κ1) is 31.5. The van der Waals surface area contributed by atoms with Crippen LogP contribution in [0.5, 0.6) is 5.75 Å². The van der Waals surface area contributed by atoms with Gasteiger partial charge in [0.1, 0.15) is 23.4 Å². The highest BCUT2D eigenvalue weighted by Gasteiger charge is 2.37. The minimum atomic E-state index is -1.13. The highest BCUT2D eigenvalue weighted by Crippen LogP contribution is 2.27. The molecule has 1 aromatic rings. The summed E-state index contributed by atoms with van der Waals surface area (Å²) in [6.45, 7) is 16.0. The Labute approximate surface area is 219 Å². The number of nitrogens with one attached hydrogen (secondary N) is 2. The average molecular weight is 520 g/mol. The number of amides is 3. The third-order valence-electron chi connectivity index (χ3n) is 5.24. The quantitative estimate of drug-likeness (QED) is 0.285. The van der Waals surface area contributed by atoms with Gasteiger partial charge in [0.2, 0.25) is 11.8 Å². The number of hydrogen-bond acceptors (Lipinski definition) is 7. The number of ether oxygens (including phenoxy) is 2. The summed E-state index contributed by atoms with van der Waals surface area (Å²) in [7, 11) is 0. The number of nitrogens with zero attached hydrogens (tertiary/aromatic N) is 1. The Morgan fingerprint density at radius 3 is 2.35 bits per heavy atom. The topological polar surface area (TPSA) is 134 Å². The number of phenols is 1. The maximum absolute atomic E-state index is 13.8. The molecule has 206 valence electrons. The van der Waals surface area contributed by atoms with E-state index in [1.807, 2.05) is 0 Å². The normalized spacial score (nSPS) is 12.8. The number of hydrogen-bond donors (Lipinski definition) is 3. The summed E-state index contributed by atoms with van der Waals surface area (Å²) >= 11 is 0. The second-order valence-electron chi connectivity index (χ2n) is 9.94. The smallest absolute Gasteiger partial charge is 0.408 e. The summed E-state index contributed by atoms with van der Waals surface area (Å²) < 4.78 is 10.2. The van der Waals surface area contributed by atoms with Crippen molar-refractivity contribution in [3.63, 3.8) is 0 Å². The Kier molecular flexibility index (Phi) is 12.1. The van der Waals surface area contributed by atoms with Gasteiger partial charge in [-0.15, -0.1) is 6.58 Å². The fourth-order valence-corrected chi connectivity index (χ4v) is 3.53. The second-order valence-corrected chi connectivity index (χ2v) is 9.94. The van der Waals surface area contributed by atoms with Gasteiger partial charge >= 0.3 is 12.1 Å². The monoisotopic (exact) mass is 519 g/mol. The molecule has 1 aromatic carbocycles.